The van der Waals surface area contributed by atoms with Crippen molar-refractivity contribution in [3.8, 4) is 0 Å². The van der Waals surface area contributed by atoms with Gasteiger partial charge in [-0.25, -0.2) is 0 Å². The average molecular weight is 270 g/mol. The van der Waals surface area contributed by atoms with E-state index in [2.05, 4.69) is 24.3 Å². The standard InChI is InChI=1S/C11H19N5O3/c1-3-14(4-2)6-5-12-11(17)9-15-8-10(7-13-15)16(18)19/h7-8H,3-6,9H2,1-2H3,(H,12,17)/p+1. The van der Waals surface area contributed by atoms with Crippen molar-refractivity contribution in [1.82, 2.24) is 15.1 Å². The van der Waals surface area contributed by atoms with Crippen LogP contribution >= 0.6 is 0 Å². The van der Waals surface area contributed by atoms with E-state index in [1.807, 2.05) is 0 Å². The van der Waals surface area contributed by atoms with Crippen LogP contribution in [0.15, 0.2) is 12.4 Å². The number of carbonyl (C=O) groups excluding carboxylic acids is 1. The van der Waals surface area contributed by atoms with Crippen LogP contribution in [0.2, 0.25) is 0 Å². The first kappa shape index (κ1) is 15.1. The molecule has 1 amide bonds. The zero-order valence-electron chi connectivity index (χ0n) is 11.3. The molecule has 1 heterocycles. The monoisotopic (exact) mass is 270 g/mol. The highest BCUT2D eigenvalue weighted by atomic mass is 16.6. The first-order chi connectivity index (χ1) is 9.06. The first-order valence-corrected chi connectivity index (χ1v) is 6.33. The van der Waals surface area contributed by atoms with Crippen molar-refractivity contribution in [3.63, 3.8) is 0 Å². The van der Waals surface area contributed by atoms with Crippen molar-refractivity contribution in [2.45, 2.75) is 20.4 Å². The highest BCUT2D eigenvalue weighted by Gasteiger charge is 2.11. The van der Waals surface area contributed by atoms with Gasteiger partial charge in [-0.15, -0.1) is 0 Å². The van der Waals surface area contributed by atoms with E-state index in [0.717, 1.165) is 25.8 Å². The Labute approximate surface area is 111 Å². The summed E-state index contributed by atoms with van der Waals surface area (Å²) in [5.74, 6) is -0.190. The first-order valence-electron chi connectivity index (χ1n) is 6.33. The number of hydrogen-bond acceptors (Lipinski definition) is 4. The van der Waals surface area contributed by atoms with Gasteiger partial charge in [0.05, 0.1) is 31.1 Å². The van der Waals surface area contributed by atoms with Crippen molar-refractivity contribution in [2.75, 3.05) is 26.2 Å². The molecule has 19 heavy (non-hydrogen) atoms. The normalized spacial score (nSPS) is 10.7. The molecule has 0 atom stereocenters. The molecule has 8 heteroatoms. The molecule has 8 nitrogen and oxygen atoms in total. The highest BCUT2D eigenvalue weighted by Crippen LogP contribution is 2.06. The number of rotatable bonds is 8. The van der Waals surface area contributed by atoms with E-state index in [-0.39, 0.29) is 18.1 Å². The van der Waals surface area contributed by atoms with Crippen LogP contribution in [0.4, 0.5) is 5.69 Å². The van der Waals surface area contributed by atoms with Gasteiger partial charge in [0, 0.05) is 0 Å². The molecule has 0 saturated heterocycles. The van der Waals surface area contributed by atoms with Gasteiger partial charge >= 0.3 is 5.69 Å². The topological polar surface area (TPSA) is 94.5 Å². The number of nitrogens with zero attached hydrogens (tertiary/aromatic N) is 3. The largest absolute Gasteiger partial charge is 0.349 e. The Morgan fingerprint density at radius 3 is 2.74 bits per heavy atom. The molecule has 1 aromatic heterocycles. The molecule has 1 rings (SSSR count). The van der Waals surface area contributed by atoms with Gasteiger partial charge in [-0.2, -0.15) is 5.10 Å². The third-order valence-electron chi connectivity index (χ3n) is 2.94. The molecule has 0 unspecified atom stereocenters. The molecule has 106 valence electrons. The molecule has 0 aliphatic rings. The van der Waals surface area contributed by atoms with Gasteiger partial charge in [0.15, 0.2) is 0 Å². The van der Waals surface area contributed by atoms with Crippen LogP contribution in [0.3, 0.4) is 0 Å². The Hall–Kier alpha value is -1.96. The minimum atomic E-state index is -0.537. The molecule has 0 saturated carbocycles. The number of nitrogens with one attached hydrogen (secondary N) is 2. The van der Waals surface area contributed by atoms with Gasteiger partial charge in [-0.3, -0.25) is 19.6 Å². The van der Waals surface area contributed by atoms with E-state index >= 15 is 0 Å². The van der Waals surface area contributed by atoms with Crippen LogP contribution in [0.1, 0.15) is 13.8 Å². The third kappa shape index (κ3) is 5.04. The lowest BCUT2D eigenvalue weighted by atomic mass is 10.4. The number of likely N-dealkylation sites (N-methyl/N-ethyl adjacent to an activating group) is 1. The molecular formula is C11H20N5O3+. The molecule has 2 N–H and O–H groups in total. The van der Waals surface area contributed by atoms with Gasteiger partial charge in [-0.05, 0) is 13.8 Å². The second kappa shape index (κ2) is 7.47. The fraction of sp³-hybridized carbons (Fsp3) is 0.636. The van der Waals surface area contributed by atoms with E-state index in [9.17, 15) is 14.9 Å². The van der Waals surface area contributed by atoms with E-state index in [1.165, 1.54) is 15.8 Å². The summed E-state index contributed by atoms with van der Waals surface area (Å²) in [6, 6.07) is 0. The summed E-state index contributed by atoms with van der Waals surface area (Å²) in [5, 5.41) is 17.0. The molecule has 0 aromatic carbocycles. The molecule has 0 bridgehead atoms. The maximum Gasteiger partial charge on any atom is 0.307 e. The van der Waals surface area contributed by atoms with Gasteiger partial charge < -0.3 is 10.2 Å². The van der Waals surface area contributed by atoms with Crippen molar-refractivity contribution in [2.24, 2.45) is 0 Å². The lowest BCUT2D eigenvalue weighted by molar-refractivity contribution is -0.895. The Kier molecular flexibility index (Phi) is 5.94. The Bertz CT molecular complexity index is 428. The number of carbonyl (C=O) groups is 1. The summed E-state index contributed by atoms with van der Waals surface area (Å²) >= 11 is 0. The number of hydrogen-bond donors (Lipinski definition) is 2. The molecule has 0 spiro atoms. The van der Waals surface area contributed by atoms with Gasteiger partial charge in [-0.1, -0.05) is 0 Å². The number of nitro groups is 1. The highest BCUT2D eigenvalue weighted by molar-refractivity contribution is 5.75. The molecule has 1 aromatic rings. The van der Waals surface area contributed by atoms with Crippen LogP contribution < -0.4 is 10.2 Å². The summed E-state index contributed by atoms with van der Waals surface area (Å²) in [6.45, 7) is 7.72. The van der Waals surface area contributed by atoms with Crippen molar-refractivity contribution < 1.29 is 14.6 Å². The van der Waals surface area contributed by atoms with Crippen LogP contribution in [-0.4, -0.2) is 46.8 Å². The quantitative estimate of drug-likeness (QED) is 0.460. The Balaban J connectivity index is 2.32. The zero-order chi connectivity index (χ0) is 14.3. The van der Waals surface area contributed by atoms with Crippen LogP contribution in [-0.2, 0) is 11.3 Å². The minimum Gasteiger partial charge on any atom is -0.349 e. The number of aromatic nitrogens is 2. The predicted octanol–water partition coefficient (Wildman–Crippen LogP) is -1.17. The maximum absolute atomic E-state index is 11.6. The Morgan fingerprint density at radius 2 is 2.21 bits per heavy atom. The SMILES string of the molecule is CC[NH+](CC)CCNC(=O)Cn1cc([N+](=O)[O-])cn1. The van der Waals surface area contributed by atoms with Crippen molar-refractivity contribution in [3.05, 3.63) is 22.5 Å². The number of amides is 1. The molecule has 0 fully saturated rings. The predicted molar refractivity (Wildman–Crippen MR) is 68.8 cm³/mol. The van der Waals surface area contributed by atoms with Crippen molar-refractivity contribution in [1.29, 1.82) is 0 Å². The van der Waals surface area contributed by atoms with Crippen molar-refractivity contribution >= 4 is 11.6 Å². The molecule has 0 aliphatic carbocycles. The van der Waals surface area contributed by atoms with E-state index in [4.69, 9.17) is 0 Å². The van der Waals surface area contributed by atoms with Crippen LogP contribution in [0.25, 0.3) is 0 Å². The second-order valence-corrected chi connectivity index (χ2v) is 4.21. The van der Waals surface area contributed by atoms with Crippen LogP contribution in [0.5, 0.6) is 0 Å². The Morgan fingerprint density at radius 1 is 1.53 bits per heavy atom. The summed E-state index contributed by atoms with van der Waals surface area (Å²) in [5.41, 5.74) is -0.111. The maximum atomic E-state index is 11.6. The number of quaternary nitrogens is 1. The summed E-state index contributed by atoms with van der Waals surface area (Å²) in [4.78, 5) is 22.9. The van der Waals surface area contributed by atoms with Crippen LogP contribution in [0, 0.1) is 10.1 Å². The van der Waals surface area contributed by atoms with E-state index in [0.29, 0.717) is 6.54 Å². The molecular weight excluding hydrogens is 250 g/mol. The van der Waals surface area contributed by atoms with E-state index in [1.54, 1.807) is 0 Å². The zero-order valence-corrected chi connectivity index (χ0v) is 11.3. The van der Waals surface area contributed by atoms with Gasteiger partial charge in [0.25, 0.3) is 0 Å². The van der Waals surface area contributed by atoms with E-state index < -0.39 is 4.92 Å². The minimum absolute atomic E-state index is 0.00141. The lowest BCUT2D eigenvalue weighted by Crippen LogP contribution is -3.12. The third-order valence-corrected chi connectivity index (χ3v) is 2.94. The summed E-state index contributed by atoms with van der Waals surface area (Å²) < 4.78 is 1.26. The smallest absolute Gasteiger partial charge is 0.307 e. The summed E-state index contributed by atoms with van der Waals surface area (Å²) in [7, 11) is 0. The fourth-order valence-corrected chi connectivity index (χ4v) is 1.72. The molecule has 0 aliphatic heterocycles. The van der Waals surface area contributed by atoms with Gasteiger partial charge in [0.1, 0.15) is 18.9 Å². The molecule has 0 radical (unpaired) electrons. The fourth-order valence-electron chi connectivity index (χ4n) is 1.72. The van der Waals surface area contributed by atoms with Gasteiger partial charge in [0.2, 0.25) is 5.91 Å². The summed E-state index contributed by atoms with van der Waals surface area (Å²) in [6.07, 6.45) is 2.38. The lowest BCUT2D eigenvalue weighted by Gasteiger charge is -2.15. The average Bonchev–Trinajstić information content (AvgIpc) is 2.83. The second-order valence-electron chi connectivity index (χ2n) is 4.21.